The van der Waals surface area contributed by atoms with Gasteiger partial charge in [0.1, 0.15) is 6.61 Å². The first-order valence-corrected chi connectivity index (χ1v) is 29.5. The second-order valence-corrected chi connectivity index (χ2v) is 19.7. The van der Waals surface area contributed by atoms with E-state index < -0.39 is 6.10 Å². The van der Waals surface area contributed by atoms with E-state index >= 15 is 0 Å². The highest BCUT2D eigenvalue weighted by atomic mass is 16.6. The summed E-state index contributed by atoms with van der Waals surface area (Å²) in [7, 11) is 0. The quantitative estimate of drug-likeness (QED) is 0.0374. The summed E-state index contributed by atoms with van der Waals surface area (Å²) in [4.78, 5) is 24.5. The molecule has 0 saturated carbocycles. The molecular weight excluding hydrogens is 837 g/mol. The highest BCUT2D eigenvalue weighted by Gasteiger charge is 2.16. The van der Waals surface area contributed by atoms with E-state index in [9.17, 15) is 14.7 Å². The van der Waals surface area contributed by atoms with E-state index in [0.717, 1.165) is 70.6 Å². The maximum Gasteiger partial charge on any atom is 0.306 e. The number of aliphatic hydroxyl groups excluding tert-OH is 1. The van der Waals surface area contributed by atoms with Gasteiger partial charge in [0.25, 0.3) is 0 Å². The Kier molecular flexibility index (Phi) is 56.4. The van der Waals surface area contributed by atoms with Crippen molar-refractivity contribution in [3.8, 4) is 0 Å². The summed E-state index contributed by atoms with van der Waals surface area (Å²) in [5.41, 5.74) is 0. The molecule has 0 aliphatic heterocycles. The van der Waals surface area contributed by atoms with Crippen molar-refractivity contribution in [1.29, 1.82) is 0 Å². The zero-order valence-corrected chi connectivity index (χ0v) is 45.1. The number of aliphatic hydroxyl groups is 1. The van der Waals surface area contributed by atoms with Gasteiger partial charge in [-0.05, 0) is 83.5 Å². The van der Waals surface area contributed by atoms with Crippen LogP contribution in [0.4, 0.5) is 0 Å². The molecule has 0 amide bonds. The van der Waals surface area contributed by atoms with Crippen molar-refractivity contribution in [2.75, 3.05) is 13.2 Å². The molecule has 68 heavy (non-hydrogen) atoms. The van der Waals surface area contributed by atoms with Crippen molar-refractivity contribution in [3.05, 3.63) is 72.9 Å². The summed E-state index contributed by atoms with van der Waals surface area (Å²) in [5.74, 6) is -0.582. The van der Waals surface area contributed by atoms with E-state index in [4.69, 9.17) is 9.47 Å². The normalized spacial score (nSPS) is 12.7. The summed E-state index contributed by atoms with van der Waals surface area (Å²) in [6.45, 7) is 4.05. The van der Waals surface area contributed by atoms with E-state index in [-0.39, 0.29) is 25.2 Å². The van der Waals surface area contributed by atoms with Gasteiger partial charge in [-0.2, -0.15) is 0 Å². The minimum Gasteiger partial charge on any atom is -0.462 e. The third-order valence-corrected chi connectivity index (χ3v) is 13.0. The predicted octanol–water partition coefficient (Wildman–Crippen LogP) is 20.0. The number of hydrogen-bond donors (Lipinski definition) is 1. The second-order valence-electron chi connectivity index (χ2n) is 19.7. The maximum atomic E-state index is 12.3. The van der Waals surface area contributed by atoms with Crippen LogP contribution in [-0.2, 0) is 19.1 Å². The Morgan fingerprint density at radius 2 is 0.632 bits per heavy atom. The van der Waals surface area contributed by atoms with Crippen LogP contribution in [0.1, 0.15) is 296 Å². The van der Waals surface area contributed by atoms with Crippen LogP contribution in [0.5, 0.6) is 0 Å². The molecule has 0 spiro atoms. The molecule has 394 valence electrons. The Morgan fingerprint density at radius 1 is 0.353 bits per heavy atom. The van der Waals surface area contributed by atoms with Gasteiger partial charge in [-0.15, -0.1) is 0 Å². The van der Waals surface area contributed by atoms with Crippen molar-refractivity contribution in [3.63, 3.8) is 0 Å². The minimum absolute atomic E-state index is 0.0658. The molecule has 0 aromatic heterocycles. The molecule has 5 nitrogen and oxygen atoms in total. The monoisotopic (exact) mass is 949 g/mol. The van der Waals surface area contributed by atoms with Crippen LogP contribution < -0.4 is 0 Å². The molecule has 5 heteroatoms. The van der Waals surface area contributed by atoms with E-state index in [0.29, 0.717) is 12.8 Å². The molecule has 0 aromatic rings. The molecule has 0 rings (SSSR count). The van der Waals surface area contributed by atoms with Gasteiger partial charge < -0.3 is 14.6 Å². The first-order valence-electron chi connectivity index (χ1n) is 29.5. The van der Waals surface area contributed by atoms with Crippen LogP contribution in [0.3, 0.4) is 0 Å². The van der Waals surface area contributed by atoms with Crippen LogP contribution >= 0.6 is 0 Å². The standard InChI is InChI=1S/C63H112O5/c1-3-5-7-9-11-13-15-17-19-21-23-25-27-28-29-30-31-32-33-34-36-38-40-42-44-46-48-50-52-54-56-58-63(66)68-61(59-64)60-67-62(65)57-55-53-51-49-47-45-43-41-39-37-35-26-24-22-20-18-16-14-12-10-8-6-4-2/h5,7,11,13,16-19,22-25,61,64H,3-4,6,8-10,12,14-15,20-21,26-60H2,1-2H3/b7-5-,13-11-,18-16-,19-17-,24-22-,25-23-. The predicted molar refractivity (Wildman–Crippen MR) is 297 cm³/mol. The van der Waals surface area contributed by atoms with Gasteiger partial charge in [0, 0.05) is 12.8 Å². The summed E-state index contributed by atoms with van der Waals surface area (Å²) < 4.78 is 10.7. The zero-order valence-electron chi connectivity index (χ0n) is 45.1. The van der Waals surface area contributed by atoms with Gasteiger partial charge in [0.15, 0.2) is 6.10 Å². The Morgan fingerprint density at radius 3 is 0.956 bits per heavy atom. The Labute approximate surface area is 423 Å². The van der Waals surface area contributed by atoms with Crippen LogP contribution in [0, 0.1) is 0 Å². The molecule has 0 heterocycles. The average molecular weight is 950 g/mol. The summed E-state index contributed by atoms with van der Waals surface area (Å²) in [5, 5.41) is 9.66. The van der Waals surface area contributed by atoms with Gasteiger partial charge in [0.2, 0.25) is 0 Å². The van der Waals surface area contributed by atoms with Crippen LogP contribution in [-0.4, -0.2) is 36.4 Å². The number of carbonyl (C=O) groups excluding carboxylic acids is 2. The summed E-state index contributed by atoms with van der Waals surface area (Å²) >= 11 is 0. The first-order chi connectivity index (χ1) is 33.6. The molecule has 0 saturated heterocycles. The lowest BCUT2D eigenvalue weighted by atomic mass is 10.0. The van der Waals surface area contributed by atoms with Crippen LogP contribution in [0.25, 0.3) is 0 Å². The molecule has 0 aromatic carbocycles. The fourth-order valence-electron chi connectivity index (χ4n) is 8.58. The van der Waals surface area contributed by atoms with E-state index in [1.54, 1.807) is 0 Å². The van der Waals surface area contributed by atoms with Gasteiger partial charge in [-0.3, -0.25) is 9.59 Å². The maximum absolute atomic E-state index is 12.3. The molecular formula is C63H112O5. The first kappa shape index (κ1) is 65.3. The molecule has 0 aliphatic rings. The molecule has 0 radical (unpaired) electrons. The lowest BCUT2D eigenvalue weighted by Gasteiger charge is -2.15. The minimum atomic E-state index is -0.775. The SMILES string of the molecule is CC/C=C\C/C=C\C/C=C\C/C=C\CCCCCCCCCCCCCCCCCCCCC(=O)OC(CO)COC(=O)CCCCCCCCCCCCC/C=C\C/C=C\CCCCCCC. The van der Waals surface area contributed by atoms with Gasteiger partial charge in [0.05, 0.1) is 6.61 Å². The number of carbonyl (C=O) groups is 2. The lowest BCUT2D eigenvalue weighted by Crippen LogP contribution is -2.28. The van der Waals surface area contributed by atoms with Crippen LogP contribution in [0.2, 0.25) is 0 Å². The van der Waals surface area contributed by atoms with Crippen molar-refractivity contribution < 1.29 is 24.2 Å². The largest absolute Gasteiger partial charge is 0.462 e. The Bertz CT molecular complexity index is 1210. The van der Waals surface area contributed by atoms with Crippen molar-refractivity contribution in [2.45, 2.75) is 302 Å². The average Bonchev–Trinajstić information content (AvgIpc) is 3.34. The third-order valence-electron chi connectivity index (χ3n) is 13.0. The Balaban J connectivity index is 3.45. The van der Waals surface area contributed by atoms with Crippen molar-refractivity contribution >= 4 is 11.9 Å². The highest BCUT2D eigenvalue weighted by molar-refractivity contribution is 5.70. The number of hydrogen-bond acceptors (Lipinski definition) is 5. The number of unbranched alkanes of at least 4 members (excludes halogenated alkanes) is 34. The number of ether oxygens (including phenoxy) is 2. The molecule has 0 aliphatic carbocycles. The molecule has 1 unspecified atom stereocenters. The summed E-state index contributed by atoms with van der Waals surface area (Å²) in [6.07, 6.45) is 80.3. The summed E-state index contributed by atoms with van der Waals surface area (Å²) in [6, 6.07) is 0. The van der Waals surface area contributed by atoms with Gasteiger partial charge in [-0.25, -0.2) is 0 Å². The fraction of sp³-hybridized carbons (Fsp3) is 0.778. The van der Waals surface area contributed by atoms with E-state index in [2.05, 4.69) is 86.8 Å². The smallest absolute Gasteiger partial charge is 0.306 e. The molecule has 1 atom stereocenters. The number of allylic oxidation sites excluding steroid dienone is 12. The van der Waals surface area contributed by atoms with Crippen LogP contribution in [0.15, 0.2) is 72.9 Å². The molecule has 1 N–H and O–H groups in total. The van der Waals surface area contributed by atoms with Crippen molar-refractivity contribution in [1.82, 2.24) is 0 Å². The lowest BCUT2D eigenvalue weighted by molar-refractivity contribution is -0.161. The topological polar surface area (TPSA) is 72.8 Å². The second kappa shape index (κ2) is 58.7. The van der Waals surface area contributed by atoms with Gasteiger partial charge >= 0.3 is 11.9 Å². The van der Waals surface area contributed by atoms with E-state index in [1.165, 1.54) is 199 Å². The number of esters is 2. The molecule has 0 bridgehead atoms. The molecule has 0 fully saturated rings. The third kappa shape index (κ3) is 55.9. The van der Waals surface area contributed by atoms with E-state index in [1.807, 2.05) is 0 Å². The van der Waals surface area contributed by atoms with Gasteiger partial charge in [-0.1, -0.05) is 273 Å². The Hall–Kier alpha value is -2.66. The number of rotatable bonds is 54. The fourth-order valence-corrected chi connectivity index (χ4v) is 8.58. The highest BCUT2D eigenvalue weighted by Crippen LogP contribution is 2.17. The zero-order chi connectivity index (χ0) is 49.2. The van der Waals surface area contributed by atoms with Crippen molar-refractivity contribution in [2.24, 2.45) is 0 Å².